The fourth-order valence-electron chi connectivity index (χ4n) is 2.91. The summed E-state index contributed by atoms with van der Waals surface area (Å²) in [6.07, 6.45) is 0.211. The number of hydrogen-bond acceptors (Lipinski definition) is 5. The fourth-order valence-corrected chi connectivity index (χ4v) is 4.15. The van der Waals surface area contributed by atoms with Crippen LogP contribution in [0.2, 0.25) is 0 Å². The Kier molecular flexibility index (Phi) is 7.09. The zero-order chi connectivity index (χ0) is 21.1. The smallest absolute Gasteiger partial charge is 0.241 e. The second kappa shape index (κ2) is 8.94. The number of fused-ring (bicyclic) bond motifs is 1. The first kappa shape index (κ1) is 22.2. The van der Waals surface area contributed by atoms with E-state index >= 15 is 0 Å². The van der Waals surface area contributed by atoms with Gasteiger partial charge in [-0.2, -0.15) is 0 Å². The van der Waals surface area contributed by atoms with Crippen LogP contribution in [0.15, 0.2) is 47.4 Å². The monoisotopic (exact) mass is 404 g/mol. The lowest BCUT2D eigenvalue weighted by molar-refractivity contribution is -0.139. The molecule has 152 valence electrons. The van der Waals surface area contributed by atoms with Crippen LogP contribution >= 0.6 is 0 Å². The van der Waals surface area contributed by atoms with Crippen molar-refractivity contribution in [3.8, 4) is 0 Å². The highest BCUT2D eigenvalue weighted by Gasteiger charge is 2.34. The molecule has 0 radical (unpaired) electrons. The second-order valence-corrected chi connectivity index (χ2v) is 9.52. The van der Waals surface area contributed by atoms with E-state index in [1.807, 2.05) is 38.1 Å². The summed E-state index contributed by atoms with van der Waals surface area (Å²) in [7, 11) is -3.98. The van der Waals surface area contributed by atoms with Crippen LogP contribution in [0.25, 0.3) is 10.8 Å². The van der Waals surface area contributed by atoms with Gasteiger partial charge in [0.2, 0.25) is 21.6 Å². The third kappa shape index (κ3) is 5.25. The van der Waals surface area contributed by atoms with Crippen molar-refractivity contribution in [3.05, 3.63) is 42.5 Å². The van der Waals surface area contributed by atoms with Gasteiger partial charge < -0.3 is 5.73 Å². The number of carbonyl (C=O) groups excluding carboxylic acids is 2. The first-order chi connectivity index (χ1) is 13.0. The number of hydrogen-bond donors (Lipinski definition) is 2. The highest BCUT2D eigenvalue weighted by Crippen LogP contribution is 2.20. The Bertz CT molecular complexity index is 967. The molecule has 0 unspecified atom stereocenters. The Morgan fingerprint density at radius 1 is 0.964 bits per heavy atom. The summed E-state index contributed by atoms with van der Waals surface area (Å²) in [4.78, 5) is 25.1. The topological polar surface area (TPSA) is 106 Å². The number of benzene rings is 2. The zero-order valence-corrected chi connectivity index (χ0v) is 17.5. The van der Waals surface area contributed by atoms with Crippen LogP contribution in [0, 0.1) is 11.8 Å². The van der Waals surface area contributed by atoms with Crippen LogP contribution in [-0.2, 0) is 19.6 Å². The van der Waals surface area contributed by atoms with E-state index in [1.54, 1.807) is 26.0 Å². The van der Waals surface area contributed by atoms with Gasteiger partial charge in [0.25, 0.3) is 0 Å². The van der Waals surface area contributed by atoms with Crippen LogP contribution in [-0.4, -0.2) is 32.1 Å². The van der Waals surface area contributed by atoms with Crippen LogP contribution in [0.5, 0.6) is 0 Å². The number of ketones is 2. The minimum atomic E-state index is -3.98. The van der Waals surface area contributed by atoms with Gasteiger partial charge in [0, 0.05) is 0 Å². The van der Waals surface area contributed by atoms with Crippen molar-refractivity contribution in [2.75, 3.05) is 0 Å². The summed E-state index contributed by atoms with van der Waals surface area (Å²) in [5.74, 6) is -1.74. The first-order valence-corrected chi connectivity index (χ1v) is 10.9. The van der Waals surface area contributed by atoms with E-state index in [-0.39, 0.29) is 23.2 Å². The molecular formula is C21H28N2O4S. The maximum atomic E-state index is 12.9. The van der Waals surface area contributed by atoms with Crippen molar-refractivity contribution in [3.63, 3.8) is 0 Å². The number of rotatable bonds is 9. The number of sulfonamides is 1. The van der Waals surface area contributed by atoms with Crippen molar-refractivity contribution in [1.82, 2.24) is 4.72 Å². The van der Waals surface area contributed by atoms with Gasteiger partial charge in [-0.05, 0) is 41.2 Å². The van der Waals surface area contributed by atoms with Crippen molar-refractivity contribution in [1.29, 1.82) is 0 Å². The third-order valence-corrected chi connectivity index (χ3v) is 6.09. The first-order valence-electron chi connectivity index (χ1n) is 9.37. The van der Waals surface area contributed by atoms with Crippen molar-refractivity contribution < 1.29 is 18.0 Å². The van der Waals surface area contributed by atoms with Crippen molar-refractivity contribution in [2.24, 2.45) is 17.6 Å². The molecule has 2 atom stereocenters. The molecule has 0 aliphatic carbocycles. The molecule has 28 heavy (non-hydrogen) atoms. The van der Waals surface area contributed by atoms with E-state index in [1.165, 1.54) is 6.07 Å². The molecule has 0 aliphatic heterocycles. The molecule has 0 saturated carbocycles. The van der Waals surface area contributed by atoms with Crippen LogP contribution in [0.4, 0.5) is 0 Å². The van der Waals surface area contributed by atoms with Gasteiger partial charge in [-0.25, -0.2) is 13.1 Å². The number of nitrogens with two attached hydrogens (primary N) is 1. The van der Waals surface area contributed by atoms with E-state index in [9.17, 15) is 18.0 Å². The standard InChI is InChI=1S/C21H28N2O4S/c1-13(2)11-18(20(24)21(25)19(22)14(3)4)23-28(26,27)17-10-9-15-7-5-6-8-16(15)12-17/h5-10,12-14,18-19,23H,11,22H2,1-4H3/t18-,19-/m0/s1. The summed E-state index contributed by atoms with van der Waals surface area (Å²) < 4.78 is 28.2. The Hall–Kier alpha value is -2.09. The van der Waals surface area contributed by atoms with E-state index in [2.05, 4.69) is 4.72 Å². The van der Waals surface area contributed by atoms with Crippen LogP contribution < -0.4 is 10.5 Å². The summed E-state index contributed by atoms with van der Waals surface area (Å²) in [6, 6.07) is 10.1. The molecule has 0 spiro atoms. The van der Waals surface area contributed by atoms with Crippen molar-refractivity contribution in [2.45, 2.75) is 51.1 Å². The van der Waals surface area contributed by atoms with Gasteiger partial charge in [-0.3, -0.25) is 9.59 Å². The van der Waals surface area contributed by atoms with E-state index in [0.717, 1.165) is 10.8 Å². The molecule has 0 amide bonds. The molecule has 0 bridgehead atoms. The molecule has 0 aliphatic rings. The van der Waals surface area contributed by atoms with Gasteiger partial charge in [-0.1, -0.05) is 58.0 Å². The summed E-state index contributed by atoms with van der Waals surface area (Å²) in [6.45, 7) is 7.20. The lowest BCUT2D eigenvalue weighted by Gasteiger charge is -2.21. The summed E-state index contributed by atoms with van der Waals surface area (Å²) in [5.41, 5.74) is 5.82. The normalized spacial score (nSPS) is 14.4. The molecule has 3 N–H and O–H groups in total. The zero-order valence-electron chi connectivity index (χ0n) is 16.7. The summed E-state index contributed by atoms with van der Waals surface area (Å²) in [5, 5.41) is 1.68. The molecule has 6 nitrogen and oxygen atoms in total. The predicted molar refractivity (Wildman–Crippen MR) is 110 cm³/mol. The van der Waals surface area contributed by atoms with E-state index < -0.39 is 33.7 Å². The molecule has 0 saturated heterocycles. The molecule has 2 rings (SSSR count). The van der Waals surface area contributed by atoms with Crippen LogP contribution in [0.3, 0.4) is 0 Å². The SMILES string of the molecule is CC(C)C[C@H](NS(=O)(=O)c1ccc2ccccc2c1)C(=O)C(=O)[C@@H](N)C(C)C. The number of carbonyl (C=O) groups is 2. The third-order valence-electron chi connectivity index (χ3n) is 4.62. The molecule has 7 heteroatoms. The fraction of sp³-hybridized carbons (Fsp3) is 0.429. The molecule has 2 aromatic rings. The minimum Gasteiger partial charge on any atom is -0.321 e. The Morgan fingerprint density at radius 2 is 1.57 bits per heavy atom. The largest absolute Gasteiger partial charge is 0.321 e. The van der Waals surface area contributed by atoms with Gasteiger partial charge in [-0.15, -0.1) is 0 Å². The predicted octanol–water partition coefficient (Wildman–Crippen LogP) is 2.65. The van der Waals surface area contributed by atoms with E-state index in [0.29, 0.717) is 0 Å². The van der Waals surface area contributed by atoms with Gasteiger partial charge in [0.1, 0.15) is 0 Å². The highest BCUT2D eigenvalue weighted by molar-refractivity contribution is 7.89. The quantitative estimate of drug-likeness (QED) is 0.625. The number of Topliss-reactive ketones (excluding diaryl/α,β-unsaturated/α-hetero) is 2. The highest BCUT2D eigenvalue weighted by atomic mass is 32.2. The average molecular weight is 405 g/mol. The molecule has 0 heterocycles. The molecule has 0 fully saturated rings. The Balaban J connectivity index is 2.33. The van der Waals surface area contributed by atoms with Crippen molar-refractivity contribution >= 4 is 32.4 Å². The van der Waals surface area contributed by atoms with Gasteiger partial charge in [0.15, 0.2) is 0 Å². The average Bonchev–Trinajstić information content (AvgIpc) is 2.64. The second-order valence-electron chi connectivity index (χ2n) is 7.81. The Labute approximate surface area is 166 Å². The molecule has 2 aromatic carbocycles. The lowest BCUT2D eigenvalue weighted by atomic mass is 9.92. The molecular weight excluding hydrogens is 376 g/mol. The molecule has 0 aromatic heterocycles. The van der Waals surface area contributed by atoms with Gasteiger partial charge >= 0.3 is 0 Å². The van der Waals surface area contributed by atoms with E-state index in [4.69, 9.17) is 5.73 Å². The Morgan fingerprint density at radius 3 is 2.14 bits per heavy atom. The number of nitrogens with one attached hydrogen (secondary N) is 1. The summed E-state index contributed by atoms with van der Waals surface area (Å²) >= 11 is 0. The minimum absolute atomic E-state index is 0.0105. The maximum absolute atomic E-state index is 12.9. The lowest BCUT2D eigenvalue weighted by Crippen LogP contribution is -2.50. The van der Waals surface area contributed by atoms with Crippen LogP contribution in [0.1, 0.15) is 34.1 Å². The van der Waals surface area contributed by atoms with Gasteiger partial charge in [0.05, 0.1) is 17.0 Å². The maximum Gasteiger partial charge on any atom is 0.241 e.